The van der Waals surface area contributed by atoms with Crippen molar-refractivity contribution < 1.29 is 45.3 Å². The molecule has 0 nitrogen and oxygen atoms in total. The van der Waals surface area contributed by atoms with E-state index in [1.807, 2.05) is 0 Å². The SMILES string of the molecule is Cc1ccccc1Pc1ccccc1.Cc1ccccc1Pc1ccccc1.F[P-](F)(F)(F)(F)F.[Ir]. The first-order chi connectivity index (χ1) is 16.2. The van der Waals surface area contributed by atoms with Gasteiger partial charge in [-0.2, -0.15) is 0 Å². The van der Waals surface area contributed by atoms with Gasteiger partial charge in [0.15, 0.2) is 0 Å². The minimum atomic E-state index is -10.7. The molecular weight excluding hydrogens is 711 g/mol. The maximum atomic E-state index is 9.87. The Morgan fingerprint density at radius 1 is 0.444 bits per heavy atom. The van der Waals surface area contributed by atoms with Crippen molar-refractivity contribution in [1.82, 2.24) is 0 Å². The smallest absolute Gasteiger partial charge is 0 e. The molecule has 36 heavy (non-hydrogen) atoms. The summed E-state index contributed by atoms with van der Waals surface area (Å²) in [5.74, 6) is 0. The zero-order valence-corrected chi connectivity index (χ0v) is 24.7. The molecule has 0 saturated carbocycles. The summed E-state index contributed by atoms with van der Waals surface area (Å²) < 4.78 is 59.2. The van der Waals surface area contributed by atoms with E-state index < -0.39 is 7.81 Å². The fourth-order valence-corrected chi connectivity index (χ4v) is 5.04. The number of aryl methyl sites for hydroxylation is 2. The van der Waals surface area contributed by atoms with Crippen LogP contribution in [0.5, 0.6) is 0 Å². The van der Waals surface area contributed by atoms with Crippen molar-refractivity contribution >= 4 is 46.2 Å². The van der Waals surface area contributed by atoms with Crippen molar-refractivity contribution in [2.45, 2.75) is 13.8 Å². The van der Waals surface area contributed by atoms with E-state index in [0.29, 0.717) is 0 Å². The summed E-state index contributed by atoms with van der Waals surface area (Å²) in [6.45, 7) is 4.34. The van der Waals surface area contributed by atoms with Gasteiger partial charge in [-0.1, -0.05) is 126 Å². The van der Waals surface area contributed by atoms with E-state index in [9.17, 15) is 25.2 Å². The van der Waals surface area contributed by atoms with Gasteiger partial charge in [-0.25, -0.2) is 0 Å². The molecule has 10 heteroatoms. The second-order valence-corrected chi connectivity index (χ2v) is 12.2. The van der Waals surface area contributed by atoms with Crippen LogP contribution in [0.2, 0.25) is 0 Å². The molecule has 0 fully saturated rings. The van der Waals surface area contributed by atoms with Crippen LogP contribution in [0.1, 0.15) is 11.1 Å². The fourth-order valence-electron chi connectivity index (χ4n) is 2.78. The average Bonchev–Trinajstić information content (AvgIpc) is 2.77. The molecule has 0 aliphatic carbocycles. The van der Waals surface area contributed by atoms with Crippen LogP contribution in [-0.4, -0.2) is 0 Å². The average molecular weight is 738 g/mol. The Balaban J connectivity index is 0.000000283. The molecule has 4 rings (SSSR count). The molecule has 0 spiro atoms. The zero-order chi connectivity index (χ0) is 26.0. The van der Waals surface area contributed by atoms with E-state index in [-0.39, 0.29) is 20.1 Å². The Kier molecular flexibility index (Phi) is 12.0. The number of benzene rings is 4. The largest absolute Gasteiger partial charge is 0 e. The Morgan fingerprint density at radius 2 is 0.694 bits per heavy atom. The van der Waals surface area contributed by atoms with Crippen LogP contribution in [-0.2, 0) is 20.1 Å². The molecule has 0 aliphatic heterocycles. The van der Waals surface area contributed by atoms with Crippen molar-refractivity contribution in [1.29, 1.82) is 0 Å². The van der Waals surface area contributed by atoms with E-state index in [4.69, 9.17) is 0 Å². The third-order valence-corrected chi connectivity index (χ3v) is 7.30. The van der Waals surface area contributed by atoms with Crippen LogP contribution in [0.25, 0.3) is 0 Å². The van der Waals surface area contributed by atoms with Crippen molar-refractivity contribution in [2.75, 3.05) is 0 Å². The molecule has 0 bridgehead atoms. The van der Waals surface area contributed by atoms with Crippen LogP contribution in [0, 0.1) is 13.8 Å². The Morgan fingerprint density at radius 3 is 0.972 bits per heavy atom. The molecule has 1 radical (unpaired) electrons. The van der Waals surface area contributed by atoms with Crippen LogP contribution in [0.4, 0.5) is 25.2 Å². The number of hydrogen-bond acceptors (Lipinski definition) is 0. The quantitative estimate of drug-likeness (QED) is 0.146. The maximum Gasteiger partial charge on any atom is 0 e. The number of rotatable bonds is 4. The topological polar surface area (TPSA) is 0 Å². The number of halogens is 6. The van der Waals surface area contributed by atoms with Gasteiger partial charge in [0, 0.05) is 20.1 Å². The standard InChI is InChI=1S/2C13H13P.F6P.Ir/c2*1-11-7-5-6-10-13(11)14-12-8-3-2-4-9-12;1-7(2,3,4,5)6;/h2*2-10,14H,1H3;;/q;;-1;. The predicted octanol–water partition coefficient (Wildman–Crippen LogP) is 8.63. The Bertz CT molecular complexity index is 1110. The third-order valence-electron chi connectivity index (χ3n) is 4.40. The summed E-state index contributed by atoms with van der Waals surface area (Å²) in [7, 11) is -9.11. The predicted molar refractivity (Wildman–Crippen MR) is 144 cm³/mol. The molecule has 197 valence electrons. The molecule has 2 unspecified atom stereocenters. The van der Waals surface area contributed by atoms with Crippen molar-refractivity contribution in [2.24, 2.45) is 0 Å². The molecule has 0 saturated heterocycles. The van der Waals surface area contributed by atoms with E-state index in [0.717, 1.165) is 17.2 Å². The van der Waals surface area contributed by atoms with Crippen molar-refractivity contribution in [3.8, 4) is 0 Å². The summed E-state index contributed by atoms with van der Waals surface area (Å²) in [4.78, 5) is 0. The van der Waals surface area contributed by atoms with Crippen LogP contribution >= 0.6 is 25.0 Å². The van der Waals surface area contributed by atoms with Crippen molar-refractivity contribution in [3.63, 3.8) is 0 Å². The molecule has 0 amide bonds. The van der Waals surface area contributed by atoms with Gasteiger partial charge in [0.25, 0.3) is 0 Å². The second kappa shape index (κ2) is 13.3. The third kappa shape index (κ3) is 16.2. The normalized spacial score (nSPS) is 13.0. The summed E-state index contributed by atoms with van der Waals surface area (Å²) in [6, 6.07) is 38.4. The van der Waals surface area contributed by atoms with Crippen LogP contribution in [0.3, 0.4) is 0 Å². The van der Waals surface area contributed by atoms with Gasteiger partial charge < -0.3 is 0 Å². The van der Waals surface area contributed by atoms with Gasteiger partial charge in [-0.15, -0.1) is 0 Å². The molecule has 0 N–H and O–H groups in total. The maximum absolute atomic E-state index is 10.7. The molecular formula is C26H26F6IrP3-. The molecule has 0 aliphatic rings. The van der Waals surface area contributed by atoms with E-state index in [1.165, 1.54) is 32.3 Å². The van der Waals surface area contributed by atoms with Gasteiger partial charge in [-0.05, 0) is 46.2 Å². The Hall–Kier alpha value is -1.60. The second-order valence-electron chi connectivity index (χ2n) is 7.57. The monoisotopic (exact) mass is 738 g/mol. The summed E-state index contributed by atoms with van der Waals surface area (Å²) >= 11 is 0. The molecule has 4 aromatic carbocycles. The van der Waals surface area contributed by atoms with Gasteiger partial charge in [0.05, 0.1) is 0 Å². The summed E-state index contributed by atoms with van der Waals surface area (Å²) in [5.41, 5.74) is 2.77. The first-order valence-electron chi connectivity index (χ1n) is 10.5. The van der Waals surface area contributed by atoms with E-state index in [1.54, 1.807) is 0 Å². The zero-order valence-electron chi connectivity index (χ0n) is 19.4. The molecule has 0 heterocycles. The first kappa shape index (κ1) is 32.4. The van der Waals surface area contributed by atoms with Gasteiger partial charge >= 0.3 is 33.0 Å². The molecule has 0 aromatic heterocycles. The van der Waals surface area contributed by atoms with E-state index in [2.05, 4.69) is 123 Å². The van der Waals surface area contributed by atoms with Crippen LogP contribution in [0.15, 0.2) is 109 Å². The van der Waals surface area contributed by atoms with Crippen LogP contribution < -0.4 is 21.2 Å². The minimum Gasteiger partial charge on any atom is 0 e. The van der Waals surface area contributed by atoms with Gasteiger partial charge in [-0.3, -0.25) is 0 Å². The number of hydrogen-bond donors (Lipinski definition) is 0. The van der Waals surface area contributed by atoms with E-state index >= 15 is 0 Å². The van der Waals surface area contributed by atoms with Crippen molar-refractivity contribution in [3.05, 3.63) is 120 Å². The van der Waals surface area contributed by atoms with Gasteiger partial charge in [0.1, 0.15) is 0 Å². The molecule has 4 aromatic rings. The van der Waals surface area contributed by atoms with Gasteiger partial charge in [0.2, 0.25) is 0 Å². The summed E-state index contributed by atoms with van der Waals surface area (Å²) in [6.07, 6.45) is 0. The molecule has 2 atom stereocenters. The minimum absolute atomic E-state index is 0. The summed E-state index contributed by atoms with van der Waals surface area (Å²) in [5, 5.41) is 5.70. The first-order valence-corrected chi connectivity index (χ1v) is 14.5. The fraction of sp³-hybridized carbons (Fsp3) is 0.0769. The Labute approximate surface area is 225 Å².